The van der Waals surface area contributed by atoms with Gasteiger partial charge in [0.15, 0.2) is 0 Å². The van der Waals surface area contributed by atoms with Crippen LogP contribution in [0.15, 0.2) is 99.0 Å². The maximum atomic E-state index is 12.8. The van der Waals surface area contributed by atoms with Gasteiger partial charge in [-0.1, -0.05) is 25.3 Å². The van der Waals surface area contributed by atoms with E-state index in [4.69, 9.17) is 56.8 Å². The molecule has 48 nitrogen and oxygen atoms in total. The molecule has 13 aliphatic rings. The van der Waals surface area contributed by atoms with E-state index in [0.29, 0.717) is 79.3 Å². The second-order valence-electron chi connectivity index (χ2n) is 31.1. The van der Waals surface area contributed by atoms with E-state index in [1.54, 1.807) is 27.7 Å². The first-order valence-electron chi connectivity index (χ1n) is 39.5. The minimum absolute atomic E-state index is 0.0645. The number of aromatic nitrogens is 18. The summed E-state index contributed by atoms with van der Waals surface area (Å²) in [7, 11) is 4.10. The summed E-state index contributed by atoms with van der Waals surface area (Å²) in [5.74, 6) is 0. The molecule has 0 radical (unpaired) electrons. The van der Waals surface area contributed by atoms with E-state index in [2.05, 4.69) is 6.58 Å². The Morgan fingerprint density at radius 3 is 0.731 bits per heavy atom. The molecule has 6 aromatic heterocycles. The quantitative estimate of drug-likeness (QED) is 0.0325. The van der Waals surface area contributed by atoms with E-state index >= 15 is 0 Å². The van der Waals surface area contributed by atoms with Crippen molar-refractivity contribution in [2.75, 3.05) is 79.3 Å². The van der Waals surface area contributed by atoms with Gasteiger partial charge < -0.3 is 56.8 Å². The predicted molar refractivity (Wildman–Crippen MR) is 407 cm³/mol. The molecule has 19 rings (SSSR count). The number of ether oxygens (including phenoxy) is 12. The summed E-state index contributed by atoms with van der Waals surface area (Å²) in [5.41, 5.74) is -10.5. The van der Waals surface area contributed by atoms with Crippen LogP contribution in [0.4, 0.5) is 0 Å². The molecule has 0 aromatic carbocycles. The summed E-state index contributed by atoms with van der Waals surface area (Å²) < 4.78 is 80.1. The van der Waals surface area contributed by atoms with Crippen LogP contribution >= 0.6 is 0 Å². The second-order valence-corrected chi connectivity index (χ2v) is 31.1. The lowest BCUT2D eigenvalue weighted by molar-refractivity contribution is 0.288. The van der Waals surface area contributed by atoms with Crippen LogP contribution in [-0.4, -0.2) is 235 Å². The molecule has 1 saturated carbocycles. The molecule has 0 bridgehead atoms. The molecule has 0 amide bonds. The molecule has 650 valence electrons. The summed E-state index contributed by atoms with van der Waals surface area (Å²) in [5, 5.41) is 0. The van der Waals surface area contributed by atoms with Gasteiger partial charge in [0.05, 0.1) is 218 Å². The average molecular weight is 1680 g/mol. The lowest BCUT2D eigenvalue weighted by Crippen LogP contribution is -2.56. The molecule has 6 aromatic rings. The van der Waals surface area contributed by atoms with Crippen molar-refractivity contribution in [3.05, 3.63) is 201 Å². The minimum Gasteiger partial charge on any atom is -0.371 e. The molecule has 48 heteroatoms. The molecular formula is C71H96N18O30. The second kappa shape index (κ2) is 35.2. The number of rotatable bonds is 28. The van der Waals surface area contributed by atoms with Crippen molar-refractivity contribution < 1.29 is 56.8 Å². The summed E-state index contributed by atoms with van der Waals surface area (Å²) in [6.07, 6.45) is 4.87. The fourth-order valence-corrected chi connectivity index (χ4v) is 13.7. The number of nitrogens with zero attached hydrogens (tertiary/aromatic N) is 18. The Hall–Kier alpha value is -10.3. The highest BCUT2D eigenvalue weighted by Crippen LogP contribution is 2.27. The minimum atomic E-state index is -0.622. The predicted octanol–water partition coefficient (Wildman–Crippen LogP) is -10.2. The van der Waals surface area contributed by atoms with Gasteiger partial charge in [-0.05, 0) is 40.5 Å². The zero-order valence-corrected chi connectivity index (χ0v) is 66.6. The van der Waals surface area contributed by atoms with E-state index < -0.39 is 102 Å². The highest BCUT2D eigenvalue weighted by molar-refractivity contribution is 4.96. The van der Waals surface area contributed by atoms with Gasteiger partial charge in [-0.15, -0.1) is 6.58 Å². The fourth-order valence-electron chi connectivity index (χ4n) is 13.7. The van der Waals surface area contributed by atoms with Crippen molar-refractivity contribution in [1.82, 2.24) is 82.2 Å². The van der Waals surface area contributed by atoms with Crippen LogP contribution in [0.5, 0.6) is 0 Å². The maximum absolute atomic E-state index is 12.8. The molecule has 0 N–H and O–H groups in total. The zero-order valence-electron chi connectivity index (χ0n) is 66.6. The van der Waals surface area contributed by atoms with Crippen LogP contribution in [-0.2, 0) is 150 Å². The van der Waals surface area contributed by atoms with E-state index in [0.717, 1.165) is 110 Å². The molecule has 12 aliphatic heterocycles. The van der Waals surface area contributed by atoms with Crippen molar-refractivity contribution >= 4 is 0 Å². The van der Waals surface area contributed by atoms with E-state index in [1.165, 1.54) is 31.8 Å². The van der Waals surface area contributed by atoms with Crippen molar-refractivity contribution in [3.63, 3.8) is 0 Å². The zero-order chi connectivity index (χ0) is 85.0. The van der Waals surface area contributed by atoms with Crippen molar-refractivity contribution in [1.29, 1.82) is 0 Å². The Balaban J connectivity index is 0.000000117. The number of epoxide rings is 12. The average Bonchev–Trinajstić information content (AvgIpc) is 1.67. The molecule has 15 unspecified atom stereocenters. The van der Waals surface area contributed by atoms with Crippen LogP contribution in [0.1, 0.15) is 84.0 Å². The first kappa shape index (κ1) is 85.1. The van der Waals surface area contributed by atoms with Gasteiger partial charge in [-0.3, -0.25) is 0 Å². The van der Waals surface area contributed by atoms with Crippen LogP contribution in [0.25, 0.3) is 0 Å². The molecule has 1 aliphatic carbocycles. The molecule has 12 saturated heterocycles. The highest BCUT2D eigenvalue weighted by atomic mass is 16.6. The van der Waals surface area contributed by atoms with Gasteiger partial charge in [0.2, 0.25) is 0 Å². The Labute approximate surface area is 667 Å². The van der Waals surface area contributed by atoms with E-state index in [9.17, 15) is 86.3 Å². The van der Waals surface area contributed by atoms with Crippen molar-refractivity contribution in [2.24, 2.45) is 21.1 Å². The normalized spacial score (nSPS) is 25.7. The maximum Gasteiger partial charge on any atom is 0.337 e. The van der Waals surface area contributed by atoms with Gasteiger partial charge in [0.25, 0.3) is 0 Å². The molecule has 15 atom stereocenters. The van der Waals surface area contributed by atoms with Gasteiger partial charge in [0, 0.05) is 33.7 Å². The van der Waals surface area contributed by atoms with Gasteiger partial charge in [0.1, 0.15) is 18.3 Å². The number of hydrogen-bond donors (Lipinski definition) is 0. The van der Waals surface area contributed by atoms with E-state index in [1.807, 2.05) is 0 Å². The summed E-state index contributed by atoms with van der Waals surface area (Å²) >= 11 is 0. The van der Waals surface area contributed by atoms with Crippen molar-refractivity contribution in [3.8, 4) is 0 Å². The lowest BCUT2D eigenvalue weighted by Gasteiger charge is -2.24. The van der Waals surface area contributed by atoms with Gasteiger partial charge in [-0.2, -0.15) is 0 Å². The van der Waals surface area contributed by atoms with E-state index in [-0.39, 0.29) is 169 Å². The smallest absolute Gasteiger partial charge is 0.337 e. The largest absolute Gasteiger partial charge is 0.371 e. The summed E-state index contributed by atoms with van der Waals surface area (Å²) in [4.78, 5) is 220. The summed E-state index contributed by atoms with van der Waals surface area (Å²) in [6.45, 7) is 18.9. The third-order valence-electron chi connectivity index (χ3n) is 22.0. The SMILES string of the molecule is C=CCn1c(=O)n(CC2CO2)c(=O)n(CC2CO2)c1=O.CC(C1CO1)n1c(=O)n(C)c(=O)n(C(C)C2CO2)c1=O.CC(C1CO1)n1c(=O)n(C)c(=O)n(CC2CO2)c1=O.CCn1c(=O)n(CC2CO2)c(=O)n(CC2CO2)c1=O.Cn1c(=O)n(CC2CO2)c(=O)n(CC2CO2)c1=O.O=c1n(CC2CO2)c(=O)n(C2CCCCC2)c(=O)n1CC1CO1. The van der Waals surface area contributed by atoms with Crippen LogP contribution in [0, 0.1) is 0 Å². The Morgan fingerprint density at radius 2 is 0.487 bits per heavy atom. The first-order chi connectivity index (χ1) is 56.9. The highest BCUT2D eigenvalue weighted by Gasteiger charge is 2.40. The Morgan fingerprint density at radius 1 is 0.277 bits per heavy atom. The topological polar surface area (TPSA) is 546 Å². The standard InChI is InChI=1S/C15H21N3O5.C12H17N3O5.C12H15N3O5.2C11H15N3O5.C10H13N3O5/c19-13-16(6-11-8-22-11)14(20)18(10-4-2-1-3-5-10)15(21)17(13)7-12-9-23-12;1-6(8-4-19-8)14-10(16)13(3)11(17)15(12(14)18)7(2)9-5-20-9;1-2-3-13-10(16)14(4-8-6-19-8)12(18)15(11(13)17)5-9-7-20-9;1-6(8-5-19-8)14-10(16)12(2)9(15)13(11(14)17)3-7-4-18-7;1-2-12-9(15)13(3-7-5-18-7)11(17)14(10(12)16)4-8-6-19-8;1-11-8(14)12(2-6-4-17-6)10(16)13(9(11)15)3-7-5-18-7/h10-12H,1-9H2;6-9H,4-5H2,1-3H3;2,8-9H,1,3-7H2;6-8H,3-5H2,1-2H3;7-8H,2-6H2,1H3;6-7H,2-5H2,1H3. The van der Waals surface area contributed by atoms with Crippen molar-refractivity contribution in [2.45, 2.75) is 229 Å². The van der Waals surface area contributed by atoms with Crippen LogP contribution < -0.4 is 102 Å². The lowest BCUT2D eigenvalue weighted by atomic mass is 9.95. The Bertz CT molecular complexity index is 5770. The third kappa shape index (κ3) is 19.8. The van der Waals surface area contributed by atoms with Crippen LogP contribution in [0.3, 0.4) is 0 Å². The molecule has 18 heterocycles. The van der Waals surface area contributed by atoms with Crippen LogP contribution in [0.2, 0.25) is 0 Å². The summed E-state index contributed by atoms with van der Waals surface area (Å²) in [6, 6.07) is -1.26. The molecular weight excluding hydrogens is 1580 g/mol. The monoisotopic (exact) mass is 1680 g/mol. The third-order valence-corrected chi connectivity index (χ3v) is 22.0. The molecule has 13 fully saturated rings. The molecule has 119 heavy (non-hydrogen) atoms. The number of allylic oxidation sites excluding steroid dienone is 1. The van der Waals surface area contributed by atoms with Gasteiger partial charge in [-0.25, -0.2) is 169 Å². The van der Waals surface area contributed by atoms with Gasteiger partial charge >= 0.3 is 102 Å². The fraction of sp³-hybridized carbons (Fsp3) is 0.718. The molecule has 0 spiro atoms. The number of hydrogen-bond acceptors (Lipinski definition) is 30. The first-order valence-corrected chi connectivity index (χ1v) is 39.5. The Kier molecular flexibility index (Phi) is 25.2.